The maximum absolute atomic E-state index is 12.8. The van der Waals surface area contributed by atoms with E-state index in [-0.39, 0.29) is 23.2 Å². The van der Waals surface area contributed by atoms with Crippen LogP contribution in [-0.2, 0) is 17.9 Å². The number of carbonyl (C=O) groups is 1. The molecule has 0 spiro atoms. The van der Waals surface area contributed by atoms with E-state index in [2.05, 4.69) is 10.3 Å². The van der Waals surface area contributed by atoms with Gasteiger partial charge in [-0.2, -0.15) is 0 Å². The summed E-state index contributed by atoms with van der Waals surface area (Å²) in [6.45, 7) is 0.680. The van der Waals surface area contributed by atoms with Crippen LogP contribution in [0.5, 0.6) is 0 Å². The molecule has 1 aromatic carbocycles. The fourth-order valence-corrected chi connectivity index (χ4v) is 3.31. The van der Waals surface area contributed by atoms with E-state index in [0.29, 0.717) is 24.0 Å². The molecule has 0 bridgehead atoms. The van der Waals surface area contributed by atoms with Gasteiger partial charge in [0.15, 0.2) is 5.16 Å². The highest BCUT2D eigenvalue weighted by Crippen LogP contribution is 2.24. The number of thioether (sulfide) groups is 1. The van der Waals surface area contributed by atoms with Crippen LogP contribution in [0.25, 0.3) is 0 Å². The maximum Gasteiger partial charge on any atom is 0.254 e. The summed E-state index contributed by atoms with van der Waals surface area (Å²) in [4.78, 5) is 28.1. The molecule has 1 aliphatic rings. The van der Waals surface area contributed by atoms with Crippen molar-refractivity contribution in [3.63, 3.8) is 0 Å². The van der Waals surface area contributed by atoms with Crippen LogP contribution < -0.4 is 10.9 Å². The van der Waals surface area contributed by atoms with Crippen LogP contribution in [-0.4, -0.2) is 21.2 Å². The van der Waals surface area contributed by atoms with Crippen molar-refractivity contribution in [3.05, 3.63) is 58.3 Å². The van der Waals surface area contributed by atoms with Crippen molar-refractivity contribution in [1.29, 1.82) is 0 Å². The predicted molar refractivity (Wildman–Crippen MR) is 81.0 cm³/mol. The number of halogens is 1. The molecule has 0 radical (unpaired) electrons. The van der Waals surface area contributed by atoms with Gasteiger partial charge in [-0.1, -0.05) is 23.9 Å². The number of fused-ring (bicyclic) bond motifs is 1. The second kappa shape index (κ2) is 6.31. The minimum atomic E-state index is -0.303. The third-order valence-electron chi connectivity index (χ3n) is 3.47. The SMILES string of the molecule is O=C(NCc1ccc(F)cc1)C1CSc2nccc(=O)n2C1. The van der Waals surface area contributed by atoms with Crippen molar-refractivity contribution in [1.82, 2.24) is 14.9 Å². The maximum atomic E-state index is 12.8. The summed E-state index contributed by atoms with van der Waals surface area (Å²) in [6, 6.07) is 7.38. The minimum Gasteiger partial charge on any atom is -0.352 e. The van der Waals surface area contributed by atoms with E-state index in [1.165, 1.54) is 40.7 Å². The largest absolute Gasteiger partial charge is 0.352 e. The normalized spacial score (nSPS) is 16.9. The Bertz CT molecular complexity index is 745. The summed E-state index contributed by atoms with van der Waals surface area (Å²) in [5, 5.41) is 3.48. The second-order valence-electron chi connectivity index (χ2n) is 5.03. The summed E-state index contributed by atoms with van der Waals surface area (Å²) >= 11 is 1.40. The Morgan fingerprint density at radius 1 is 1.36 bits per heavy atom. The van der Waals surface area contributed by atoms with Crippen molar-refractivity contribution in [3.8, 4) is 0 Å². The van der Waals surface area contributed by atoms with Crippen LogP contribution >= 0.6 is 11.8 Å². The first-order valence-electron chi connectivity index (χ1n) is 6.84. The predicted octanol–water partition coefficient (Wildman–Crippen LogP) is 1.42. The lowest BCUT2D eigenvalue weighted by atomic mass is 10.1. The molecule has 0 fully saturated rings. The monoisotopic (exact) mass is 319 g/mol. The molecule has 0 saturated heterocycles. The number of amides is 1. The third-order valence-corrected chi connectivity index (χ3v) is 4.62. The first kappa shape index (κ1) is 14.8. The highest BCUT2D eigenvalue weighted by atomic mass is 32.2. The van der Waals surface area contributed by atoms with Gasteiger partial charge in [-0.15, -0.1) is 0 Å². The Labute approximate surface area is 130 Å². The Morgan fingerprint density at radius 3 is 2.91 bits per heavy atom. The third kappa shape index (κ3) is 3.19. The molecule has 0 aliphatic carbocycles. The van der Waals surface area contributed by atoms with Gasteiger partial charge in [-0.25, -0.2) is 9.37 Å². The summed E-state index contributed by atoms with van der Waals surface area (Å²) < 4.78 is 14.4. The molecule has 2 heterocycles. The van der Waals surface area contributed by atoms with Gasteiger partial charge in [0.1, 0.15) is 5.82 Å². The van der Waals surface area contributed by atoms with Gasteiger partial charge in [0.2, 0.25) is 5.91 Å². The Morgan fingerprint density at radius 2 is 2.14 bits per heavy atom. The molecule has 3 rings (SSSR count). The summed E-state index contributed by atoms with van der Waals surface area (Å²) in [5.74, 6) is -0.105. The first-order valence-corrected chi connectivity index (χ1v) is 7.83. The van der Waals surface area contributed by atoms with Crippen LogP contribution in [0.4, 0.5) is 4.39 Å². The van der Waals surface area contributed by atoms with Crippen LogP contribution in [0.2, 0.25) is 0 Å². The van der Waals surface area contributed by atoms with E-state index >= 15 is 0 Å². The zero-order valence-electron chi connectivity index (χ0n) is 11.7. The number of nitrogens with one attached hydrogen (secondary N) is 1. The van der Waals surface area contributed by atoms with Crippen LogP contribution in [0.15, 0.2) is 46.5 Å². The standard InChI is InChI=1S/C15H14FN3O2S/c16-12-3-1-10(2-4-12)7-18-14(21)11-8-19-13(20)5-6-17-15(19)22-9-11/h1-6,11H,7-9H2,(H,18,21). The molecule has 5 nitrogen and oxygen atoms in total. The van der Waals surface area contributed by atoms with Crippen LogP contribution in [0, 0.1) is 11.7 Å². The van der Waals surface area contributed by atoms with Gasteiger partial charge in [-0.3, -0.25) is 14.2 Å². The number of hydrogen-bond donors (Lipinski definition) is 1. The van der Waals surface area contributed by atoms with Crippen LogP contribution in [0.3, 0.4) is 0 Å². The van der Waals surface area contributed by atoms with E-state index in [9.17, 15) is 14.0 Å². The van der Waals surface area contributed by atoms with Crippen molar-refractivity contribution in [2.24, 2.45) is 5.92 Å². The van der Waals surface area contributed by atoms with E-state index in [4.69, 9.17) is 0 Å². The summed E-state index contributed by atoms with van der Waals surface area (Å²) in [6.07, 6.45) is 1.48. The molecule has 114 valence electrons. The lowest BCUT2D eigenvalue weighted by Gasteiger charge is -2.23. The molecule has 0 saturated carbocycles. The highest BCUT2D eigenvalue weighted by Gasteiger charge is 2.26. The molecule has 1 atom stereocenters. The average Bonchev–Trinajstić information content (AvgIpc) is 2.54. The van der Waals surface area contributed by atoms with Gasteiger partial charge in [0.25, 0.3) is 5.56 Å². The topological polar surface area (TPSA) is 64.0 Å². The van der Waals surface area contributed by atoms with E-state index in [1.54, 1.807) is 12.1 Å². The highest BCUT2D eigenvalue weighted by molar-refractivity contribution is 7.99. The van der Waals surface area contributed by atoms with Gasteiger partial charge in [-0.05, 0) is 17.7 Å². The van der Waals surface area contributed by atoms with Gasteiger partial charge in [0.05, 0.1) is 5.92 Å². The van der Waals surface area contributed by atoms with Crippen molar-refractivity contribution >= 4 is 17.7 Å². The van der Waals surface area contributed by atoms with E-state index in [1.807, 2.05) is 0 Å². The molecular formula is C15H14FN3O2S. The number of hydrogen-bond acceptors (Lipinski definition) is 4. The molecule has 2 aromatic rings. The summed E-state index contributed by atoms with van der Waals surface area (Å²) in [7, 11) is 0. The van der Waals surface area contributed by atoms with Crippen molar-refractivity contribution in [2.45, 2.75) is 18.2 Å². The second-order valence-corrected chi connectivity index (χ2v) is 6.02. The lowest BCUT2D eigenvalue weighted by Crippen LogP contribution is -2.39. The lowest BCUT2D eigenvalue weighted by molar-refractivity contribution is -0.125. The van der Waals surface area contributed by atoms with Gasteiger partial charge in [0, 0.05) is 31.1 Å². The number of benzene rings is 1. The fourth-order valence-electron chi connectivity index (χ4n) is 2.24. The number of nitrogens with zero attached hydrogens (tertiary/aromatic N) is 2. The zero-order valence-corrected chi connectivity index (χ0v) is 12.5. The molecule has 7 heteroatoms. The van der Waals surface area contributed by atoms with Crippen molar-refractivity contribution in [2.75, 3.05) is 5.75 Å². The van der Waals surface area contributed by atoms with Gasteiger partial charge < -0.3 is 5.32 Å². The number of carbonyl (C=O) groups excluding carboxylic acids is 1. The molecule has 1 amide bonds. The molecular weight excluding hydrogens is 305 g/mol. The summed E-state index contributed by atoms with van der Waals surface area (Å²) in [5.41, 5.74) is 0.686. The Balaban J connectivity index is 1.63. The Hall–Kier alpha value is -2.15. The van der Waals surface area contributed by atoms with Gasteiger partial charge >= 0.3 is 0 Å². The van der Waals surface area contributed by atoms with E-state index < -0.39 is 0 Å². The van der Waals surface area contributed by atoms with Crippen molar-refractivity contribution < 1.29 is 9.18 Å². The Kier molecular flexibility index (Phi) is 4.24. The molecule has 22 heavy (non-hydrogen) atoms. The first-order chi connectivity index (χ1) is 10.6. The zero-order chi connectivity index (χ0) is 15.5. The van der Waals surface area contributed by atoms with E-state index in [0.717, 1.165) is 5.56 Å². The number of rotatable bonds is 3. The quantitative estimate of drug-likeness (QED) is 0.869. The molecule has 1 aromatic heterocycles. The molecule has 1 N–H and O–H groups in total. The minimum absolute atomic E-state index is 0.113. The fraction of sp³-hybridized carbons (Fsp3) is 0.267. The smallest absolute Gasteiger partial charge is 0.254 e. The van der Waals surface area contributed by atoms with Crippen LogP contribution in [0.1, 0.15) is 5.56 Å². The number of aromatic nitrogens is 2. The average molecular weight is 319 g/mol. The molecule has 1 aliphatic heterocycles. The molecule has 1 unspecified atom stereocenters.